The maximum Gasteiger partial charge on any atom is 0.251 e. The molecule has 126 valence electrons. The van der Waals surface area contributed by atoms with Crippen LogP contribution in [-0.2, 0) is 11.3 Å². The summed E-state index contributed by atoms with van der Waals surface area (Å²) < 4.78 is 5.33. The topological polar surface area (TPSA) is 82.0 Å². The lowest BCUT2D eigenvalue weighted by atomic mass is 10.1. The van der Waals surface area contributed by atoms with Gasteiger partial charge in [0.05, 0.1) is 25.3 Å². The van der Waals surface area contributed by atoms with E-state index in [9.17, 15) is 15.0 Å². The fourth-order valence-corrected chi connectivity index (χ4v) is 2.66. The number of nitrogens with one attached hydrogen (secondary N) is 1. The number of phenols is 2. The number of rotatable bonds is 4. The van der Waals surface area contributed by atoms with Crippen LogP contribution in [0.1, 0.15) is 15.9 Å². The minimum atomic E-state index is -0.258. The lowest BCUT2D eigenvalue weighted by molar-refractivity contribution is 0.0950. The molecule has 0 atom stereocenters. The molecular weight excluding hydrogens is 308 g/mol. The summed E-state index contributed by atoms with van der Waals surface area (Å²) in [6.45, 7) is 3.18. The molecule has 0 saturated carbocycles. The lowest BCUT2D eigenvalue weighted by Gasteiger charge is -2.28. The van der Waals surface area contributed by atoms with Crippen LogP contribution in [0.5, 0.6) is 11.5 Å². The Labute approximate surface area is 140 Å². The SMILES string of the molecule is O=C(NCc1c(O)cccc1O)c1ccc(N2CCOCC2)cc1. The van der Waals surface area contributed by atoms with Crippen LogP contribution >= 0.6 is 0 Å². The molecule has 1 saturated heterocycles. The number of anilines is 1. The van der Waals surface area contributed by atoms with Crippen LogP contribution in [0.15, 0.2) is 42.5 Å². The Morgan fingerprint density at radius 2 is 1.67 bits per heavy atom. The van der Waals surface area contributed by atoms with Crippen LogP contribution in [0, 0.1) is 0 Å². The Hall–Kier alpha value is -2.73. The largest absolute Gasteiger partial charge is 0.507 e. The molecule has 2 aromatic carbocycles. The number of amides is 1. The molecule has 2 aromatic rings. The van der Waals surface area contributed by atoms with E-state index in [1.165, 1.54) is 12.1 Å². The molecule has 24 heavy (non-hydrogen) atoms. The smallest absolute Gasteiger partial charge is 0.251 e. The zero-order valence-electron chi connectivity index (χ0n) is 13.2. The van der Waals surface area contributed by atoms with Gasteiger partial charge in [0.1, 0.15) is 11.5 Å². The number of benzene rings is 2. The van der Waals surface area contributed by atoms with Crippen LogP contribution in [0.4, 0.5) is 5.69 Å². The predicted molar refractivity (Wildman–Crippen MR) is 90.4 cm³/mol. The number of hydrogen-bond donors (Lipinski definition) is 3. The number of carbonyl (C=O) groups is 1. The molecule has 0 unspecified atom stereocenters. The van der Waals surface area contributed by atoms with Gasteiger partial charge in [0.15, 0.2) is 0 Å². The van der Waals surface area contributed by atoms with E-state index in [0.717, 1.165) is 18.8 Å². The summed E-state index contributed by atoms with van der Waals surface area (Å²) in [5.74, 6) is -0.345. The van der Waals surface area contributed by atoms with Crippen molar-refractivity contribution in [2.24, 2.45) is 0 Å². The summed E-state index contributed by atoms with van der Waals surface area (Å²) in [4.78, 5) is 14.4. The van der Waals surface area contributed by atoms with E-state index in [2.05, 4.69) is 10.2 Å². The summed E-state index contributed by atoms with van der Waals surface area (Å²) >= 11 is 0. The molecule has 0 spiro atoms. The Morgan fingerprint density at radius 1 is 1.04 bits per heavy atom. The fraction of sp³-hybridized carbons (Fsp3) is 0.278. The van der Waals surface area contributed by atoms with Gasteiger partial charge >= 0.3 is 0 Å². The molecule has 1 aliphatic heterocycles. The monoisotopic (exact) mass is 328 g/mol. The van der Waals surface area contributed by atoms with E-state index in [4.69, 9.17) is 4.74 Å². The molecule has 1 heterocycles. The van der Waals surface area contributed by atoms with Crippen molar-refractivity contribution in [2.45, 2.75) is 6.54 Å². The highest BCUT2D eigenvalue weighted by molar-refractivity contribution is 5.94. The Morgan fingerprint density at radius 3 is 2.29 bits per heavy atom. The Kier molecular flexibility index (Phi) is 4.86. The zero-order chi connectivity index (χ0) is 16.9. The van der Waals surface area contributed by atoms with Gasteiger partial charge in [-0.3, -0.25) is 4.79 Å². The molecule has 0 aliphatic carbocycles. The van der Waals surface area contributed by atoms with Crippen molar-refractivity contribution in [3.05, 3.63) is 53.6 Å². The van der Waals surface area contributed by atoms with E-state index < -0.39 is 0 Å². The van der Waals surface area contributed by atoms with Crippen LogP contribution in [0.25, 0.3) is 0 Å². The zero-order valence-corrected chi connectivity index (χ0v) is 13.2. The molecule has 1 amide bonds. The number of aromatic hydroxyl groups is 2. The number of hydrogen-bond acceptors (Lipinski definition) is 5. The summed E-state index contributed by atoms with van der Waals surface area (Å²) in [7, 11) is 0. The van der Waals surface area contributed by atoms with Gasteiger partial charge in [-0.1, -0.05) is 6.07 Å². The van der Waals surface area contributed by atoms with E-state index >= 15 is 0 Å². The molecule has 0 aromatic heterocycles. The number of phenolic OH excluding ortho intramolecular Hbond substituents is 2. The summed E-state index contributed by atoms with van der Waals surface area (Å²) in [5.41, 5.74) is 1.89. The van der Waals surface area contributed by atoms with Crippen molar-refractivity contribution in [3.8, 4) is 11.5 Å². The minimum Gasteiger partial charge on any atom is -0.507 e. The number of carbonyl (C=O) groups excluding carboxylic acids is 1. The van der Waals surface area contributed by atoms with Gasteiger partial charge in [-0.25, -0.2) is 0 Å². The quantitative estimate of drug-likeness (QED) is 0.798. The third-order valence-electron chi connectivity index (χ3n) is 4.06. The van der Waals surface area contributed by atoms with E-state index in [0.29, 0.717) is 24.3 Å². The van der Waals surface area contributed by atoms with Crippen molar-refractivity contribution >= 4 is 11.6 Å². The van der Waals surface area contributed by atoms with Crippen molar-refractivity contribution in [2.75, 3.05) is 31.2 Å². The van der Waals surface area contributed by atoms with Crippen molar-refractivity contribution in [1.82, 2.24) is 5.32 Å². The molecule has 1 fully saturated rings. The average Bonchev–Trinajstić information content (AvgIpc) is 2.62. The lowest BCUT2D eigenvalue weighted by Crippen LogP contribution is -2.36. The van der Waals surface area contributed by atoms with Gasteiger partial charge in [-0.2, -0.15) is 0 Å². The first-order chi connectivity index (χ1) is 11.6. The second-order valence-electron chi connectivity index (χ2n) is 5.60. The normalized spacial score (nSPS) is 14.4. The summed E-state index contributed by atoms with van der Waals surface area (Å²) in [5, 5.41) is 22.2. The van der Waals surface area contributed by atoms with E-state index in [1.54, 1.807) is 18.2 Å². The first-order valence-electron chi connectivity index (χ1n) is 7.86. The van der Waals surface area contributed by atoms with Crippen molar-refractivity contribution in [1.29, 1.82) is 0 Å². The minimum absolute atomic E-state index is 0.0436. The molecule has 6 nitrogen and oxygen atoms in total. The van der Waals surface area contributed by atoms with Gasteiger partial charge in [-0.15, -0.1) is 0 Å². The van der Waals surface area contributed by atoms with E-state index in [1.807, 2.05) is 12.1 Å². The standard InChI is InChI=1S/C18H20N2O4/c21-16-2-1-3-17(22)15(16)12-19-18(23)13-4-6-14(7-5-13)20-8-10-24-11-9-20/h1-7,21-22H,8-12H2,(H,19,23). The first-order valence-corrected chi connectivity index (χ1v) is 7.86. The van der Waals surface area contributed by atoms with Crippen molar-refractivity contribution < 1.29 is 19.7 Å². The first kappa shape index (κ1) is 16.1. The highest BCUT2D eigenvalue weighted by atomic mass is 16.5. The fourth-order valence-electron chi connectivity index (χ4n) is 2.66. The van der Waals surface area contributed by atoms with Crippen LogP contribution in [-0.4, -0.2) is 42.4 Å². The third kappa shape index (κ3) is 3.60. The number of nitrogens with zero attached hydrogens (tertiary/aromatic N) is 1. The molecule has 6 heteroatoms. The average molecular weight is 328 g/mol. The van der Waals surface area contributed by atoms with Crippen LogP contribution in [0.3, 0.4) is 0 Å². The Balaban J connectivity index is 1.63. The molecule has 3 rings (SSSR count). The molecule has 0 radical (unpaired) electrons. The van der Waals surface area contributed by atoms with Crippen LogP contribution < -0.4 is 10.2 Å². The summed E-state index contributed by atoms with van der Waals surface area (Å²) in [6, 6.07) is 11.8. The number of ether oxygens (including phenoxy) is 1. The van der Waals surface area contributed by atoms with Crippen molar-refractivity contribution in [3.63, 3.8) is 0 Å². The summed E-state index contributed by atoms with van der Waals surface area (Å²) in [6.07, 6.45) is 0. The van der Waals surface area contributed by atoms with E-state index in [-0.39, 0.29) is 24.0 Å². The van der Waals surface area contributed by atoms with Gasteiger partial charge < -0.3 is 25.2 Å². The molecular formula is C18H20N2O4. The van der Waals surface area contributed by atoms with Gasteiger partial charge in [0, 0.05) is 24.3 Å². The van der Waals surface area contributed by atoms with Gasteiger partial charge in [-0.05, 0) is 36.4 Å². The molecule has 1 aliphatic rings. The molecule has 0 bridgehead atoms. The maximum atomic E-state index is 12.2. The highest BCUT2D eigenvalue weighted by Crippen LogP contribution is 2.26. The molecule has 3 N–H and O–H groups in total. The second-order valence-corrected chi connectivity index (χ2v) is 5.60. The number of morpholine rings is 1. The maximum absolute atomic E-state index is 12.2. The third-order valence-corrected chi connectivity index (χ3v) is 4.06. The Bertz CT molecular complexity index is 689. The van der Waals surface area contributed by atoms with Crippen LogP contribution in [0.2, 0.25) is 0 Å². The van der Waals surface area contributed by atoms with Gasteiger partial charge in [0.2, 0.25) is 0 Å². The second kappa shape index (κ2) is 7.23. The van der Waals surface area contributed by atoms with Gasteiger partial charge in [0.25, 0.3) is 5.91 Å². The predicted octanol–water partition coefficient (Wildman–Crippen LogP) is 1.86. The highest BCUT2D eigenvalue weighted by Gasteiger charge is 2.13.